The molecule has 0 aromatic carbocycles. The number of anilines is 1. The van der Waals surface area contributed by atoms with Crippen molar-refractivity contribution < 1.29 is 4.79 Å². The number of amides is 1. The quantitative estimate of drug-likeness (QED) is 0.807. The topological polar surface area (TPSA) is 61.4 Å². The Kier molecular flexibility index (Phi) is 5.60. The molecular weight excluding hydrogens is 358 g/mol. The molecular formula is C20H31N5OS. The number of hydrogen-bond donors (Lipinski definition) is 1. The zero-order valence-electron chi connectivity index (χ0n) is 16.5. The lowest BCUT2D eigenvalue weighted by molar-refractivity contribution is -0.144. The first kappa shape index (κ1) is 19.0. The summed E-state index contributed by atoms with van der Waals surface area (Å²) in [7, 11) is 0. The highest BCUT2D eigenvalue weighted by molar-refractivity contribution is 7.99. The second-order valence-electron chi connectivity index (χ2n) is 7.98. The van der Waals surface area contributed by atoms with Crippen LogP contribution in [0.4, 0.5) is 5.95 Å². The summed E-state index contributed by atoms with van der Waals surface area (Å²) in [5.74, 6) is 3.27. The minimum absolute atomic E-state index is 0.185. The van der Waals surface area contributed by atoms with Gasteiger partial charge in [-0.3, -0.25) is 9.69 Å². The third kappa shape index (κ3) is 3.44. The van der Waals surface area contributed by atoms with Crippen LogP contribution in [0.5, 0.6) is 0 Å². The first-order chi connectivity index (χ1) is 13.2. The molecule has 0 spiro atoms. The number of nitrogens with one attached hydrogen (secondary N) is 1. The Labute approximate surface area is 166 Å². The predicted molar refractivity (Wildman–Crippen MR) is 110 cm³/mol. The van der Waals surface area contributed by atoms with Crippen molar-refractivity contribution in [3.63, 3.8) is 0 Å². The molecule has 3 atom stereocenters. The molecule has 0 unspecified atom stereocenters. The number of aromatic nitrogens is 2. The molecule has 1 aromatic heterocycles. The predicted octanol–water partition coefficient (Wildman–Crippen LogP) is 2.62. The maximum Gasteiger partial charge on any atom is 0.230 e. The molecule has 3 aliphatic heterocycles. The van der Waals surface area contributed by atoms with Gasteiger partial charge in [-0.05, 0) is 32.6 Å². The molecule has 148 valence electrons. The van der Waals surface area contributed by atoms with E-state index in [1.54, 1.807) is 0 Å². The highest BCUT2D eigenvalue weighted by Crippen LogP contribution is 2.53. The van der Waals surface area contributed by atoms with Crippen molar-refractivity contribution in [2.75, 3.05) is 36.5 Å². The van der Waals surface area contributed by atoms with Gasteiger partial charge in [0, 0.05) is 67.7 Å². The summed E-state index contributed by atoms with van der Waals surface area (Å²) >= 11 is 1.96. The van der Waals surface area contributed by atoms with Gasteiger partial charge in [0.2, 0.25) is 11.9 Å². The van der Waals surface area contributed by atoms with Crippen LogP contribution in [0.25, 0.3) is 0 Å². The fourth-order valence-electron chi connectivity index (χ4n) is 5.28. The van der Waals surface area contributed by atoms with Crippen molar-refractivity contribution in [2.24, 2.45) is 5.41 Å². The third-order valence-electron chi connectivity index (χ3n) is 6.64. The van der Waals surface area contributed by atoms with Crippen molar-refractivity contribution in [1.29, 1.82) is 0 Å². The summed E-state index contributed by atoms with van der Waals surface area (Å²) in [6.45, 7) is 7.77. The van der Waals surface area contributed by atoms with Gasteiger partial charge in [0.1, 0.15) is 0 Å². The summed E-state index contributed by atoms with van der Waals surface area (Å²) < 4.78 is 0. The SMILES string of the molecule is CCNc1ncc(CN2[C@H]3CC[C@@H]2[C@](CC)(C(=O)N2CCSCC2)C3)cn1. The van der Waals surface area contributed by atoms with Crippen molar-refractivity contribution in [2.45, 2.75) is 58.2 Å². The maximum absolute atomic E-state index is 13.5. The number of hydrogen-bond acceptors (Lipinski definition) is 6. The summed E-state index contributed by atoms with van der Waals surface area (Å²) in [5.41, 5.74) is 0.956. The first-order valence-electron chi connectivity index (χ1n) is 10.4. The number of thioether (sulfide) groups is 1. The molecule has 3 saturated heterocycles. The largest absolute Gasteiger partial charge is 0.355 e. The maximum atomic E-state index is 13.5. The van der Waals surface area contributed by atoms with Gasteiger partial charge < -0.3 is 10.2 Å². The Bertz CT molecular complexity index is 663. The molecule has 1 aromatic rings. The van der Waals surface area contributed by atoms with E-state index >= 15 is 0 Å². The molecule has 1 amide bonds. The lowest BCUT2D eigenvalue weighted by Crippen LogP contribution is -2.52. The van der Waals surface area contributed by atoms with Gasteiger partial charge in [-0.25, -0.2) is 9.97 Å². The molecule has 4 heterocycles. The molecule has 6 nitrogen and oxygen atoms in total. The van der Waals surface area contributed by atoms with Crippen molar-refractivity contribution >= 4 is 23.6 Å². The highest BCUT2D eigenvalue weighted by Gasteiger charge is 2.59. The van der Waals surface area contributed by atoms with Gasteiger partial charge in [0.05, 0.1) is 5.41 Å². The van der Waals surface area contributed by atoms with Crippen LogP contribution >= 0.6 is 11.8 Å². The lowest BCUT2D eigenvalue weighted by atomic mass is 9.70. The number of nitrogens with zero attached hydrogens (tertiary/aromatic N) is 4. The van der Waals surface area contributed by atoms with Gasteiger partial charge in [-0.15, -0.1) is 0 Å². The van der Waals surface area contributed by atoms with Crippen molar-refractivity contribution in [3.8, 4) is 0 Å². The van der Waals surface area contributed by atoms with E-state index in [1.165, 1.54) is 6.42 Å². The standard InChI is InChI=1S/C20H31N5OS/c1-3-20(18(26)24-7-9-27-10-8-24)11-16-5-6-17(20)25(16)14-15-12-22-19(21-4-2)23-13-15/h12-13,16-17H,3-11,14H2,1-2H3,(H,21,22,23)/t16-,17+,20+/m0/s1. The van der Waals surface area contributed by atoms with Gasteiger partial charge in [0.15, 0.2) is 0 Å². The van der Waals surface area contributed by atoms with Gasteiger partial charge in [-0.2, -0.15) is 11.8 Å². The molecule has 4 rings (SSSR count). The Morgan fingerprint density at radius 1 is 1.26 bits per heavy atom. The molecule has 0 saturated carbocycles. The highest BCUT2D eigenvalue weighted by atomic mass is 32.2. The van der Waals surface area contributed by atoms with Crippen LogP contribution in [-0.4, -0.2) is 68.9 Å². The number of rotatable bonds is 6. The molecule has 27 heavy (non-hydrogen) atoms. The molecule has 0 aliphatic carbocycles. The van der Waals surface area contributed by atoms with E-state index < -0.39 is 0 Å². The Balaban J connectivity index is 1.50. The molecule has 3 aliphatic rings. The molecule has 3 fully saturated rings. The van der Waals surface area contributed by atoms with Crippen molar-refractivity contribution in [1.82, 2.24) is 19.8 Å². The Hall–Kier alpha value is -1.34. The van der Waals surface area contributed by atoms with Crippen LogP contribution in [0.1, 0.15) is 45.1 Å². The fourth-order valence-corrected chi connectivity index (χ4v) is 6.19. The number of fused-ring (bicyclic) bond motifs is 2. The lowest BCUT2D eigenvalue weighted by Gasteiger charge is -2.40. The van der Waals surface area contributed by atoms with E-state index in [-0.39, 0.29) is 5.41 Å². The molecule has 2 bridgehead atoms. The first-order valence-corrected chi connectivity index (χ1v) is 11.5. The second-order valence-corrected chi connectivity index (χ2v) is 9.21. The summed E-state index contributed by atoms with van der Waals surface area (Å²) in [6.07, 6.45) is 8.19. The van der Waals surface area contributed by atoms with Gasteiger partial charge >= 0.3 is 0 Å². The van der Waals surface area contributed by atoms with Crippen LogP contribution in [-0.2, 0) is 11.3 Å². The fraction of sp³-hybridized carbons (Fsp3) is 0.750. The van der Waals surface area contributed by atoms with E-state index in [1.807, 2.05) is 31.1 Å². The van der Waals surface area contributed by atoms with Crippen LogP contribution in [0.15, 0.2) is 12.4 Å². The minimum Gasteiger partial charge on any atom is -0.355 e. The van der Waals surface area contributed by atoms with Crippen LogP contribution in [0, 0.1) is 5.41 Å². The monoisotopic (exact) mass is 389 g/mol. The normalized spacial score (nSPS) is 30.7. The summed E-state index contributed by atoms with van der Waals surface area (Å²) in [4.78, 5) is 27.1. The summed E-state index contributed by atoms with van der Waals surface area (Å²) in [6, 6.07) is 0.884. The summed E-state index contributed by atoms with van der Waals surface area (Å²) in [5, 5.41) is 3.14. The van der Waals surface area contributed by atoms with E-state index in [9.17, 15) is 4.79 Å². The van der Waals surface area contributed by atoms with Crippen LogP contribution < -0.4 is 5.32 Å². The van der Waals surface area contributed by atoms with E-state index in [4.69, 9.17) is 0 Å². The van der Waals surface area contributed by atoms with Crippen LogP contribution in [0.3, 0.4) is 0 Å². The average Bonchev–Trinajstić information content (AvgIpc) is 3.24. The van der Waals surface area contributed by atoms with Crippen molar-refractivity contribution in [3.05, 3.63) is 18.0 Å². The van der Waals surface area contributed by atoms with Crippen LogP contribution in [0.2, 0.25) is 0 Å². The second kappa shape index (κ2) is 7.95. The minimum atomic E-state index is -0.185. The average molecular weight is 390 g/mol. The molecule has 7 heteroatoms. The van der Waals surface area contributed by atoms with Gasteiger partial charge in [-0.1, -0.05) is 6.92 Å². The zero-order chi connectivity index (χ0) is 18.9. The molecule has 0 radical (unpaired) electrons. The Morgan fingerprint density at radius 2 is 2.00 bits per heavy atom. The number of carbonyl (C=O) groups is 1. The smallest absolute Gasteiger partial charge is 0.230 e. The Morgan fingerprint density at radius 3 is 2.67 bits per heavy atom. The number of carbonyl (C=O) groups excluding carboxylic acids is 1. The van der Waals surface area contributed by atoms with E-state index in [0.29, 0.717) is 23.9 Å². The molecule has 1 N–H and O–H groups in total. The zero-order valence-corrected chi connectivity index (χ0v) is 17.3. The third-order valence-corrected chi connectivity index (χ3v) is 7.58. The van der Waals surface area contributed by atoms with Gasteiger partial charge in [0.25, 0.3) is 0 Å². The van der Waals surface area contributed by atoms with E-state index in [2.05, 4.69) is 32.0 Å². The van der Waals surface area contributed by atoms with E-state index in [0.717, 1.165) is 62.5 Å².